The summed E-state index contributed by atoms with van der Waals surface area (Å²) in [6, 6.07) is 5.79. The van der Waals surface area contributed by atoms with Crippen LogP contribution in [-0.2, 0) is 10.0 Å². The van der Waals surface area contributed by atoms with Gasteiger partial charge in [-0.1, -0.05) is 6.92 Å². The lowest BCUT2D eigenvalue weighted by Gasteiger charge is -2.16. The van der Waals surface area contributed by atoms with E-state index in [2.05, 4.69) is 5.32 Å². The minimum atomic E-state index is -3.53. The second-order valence-corrected chi connectivity index (χ2v) is 7.00. The maximum absolute atomic E-state index is 12.4. The van der Waals surface area contributed by atoms with Crippen molar-refractivity contribution in [3.05, 3.63) is 29.8 Å². The predicted molar refractivity (Wildman–Crippen MR) is 83.0 cm³/mol. The van der Waals surface area contributed by atoms with Gasteiger partial charge in [-0.3, -0.25) is 4.79 Å². The molecule has 1 saturated heterocycles. The van der Waals surface area contributed by atoms with Crippen molar-refractivity contribution in [3.8, 4) is 0 Å². The standard InChI is InChI=1S/C13H19N3O3S.ClH/c1-9-7-16(8-12(9)14)20(18,19)11-5-3-10(4-6-11)13(17)15-2;/h3-6,9,12H,7-8,14H2,1-2H3,(H,15,17);1H. The molecule has 2 atom stereocenters. The molecule has 0 aromatic heterocycles. The highest BCUT2D eigenvalue weighted by molar-refractivity contribution is 7.89. The second kappa shape index (κ2) is 6.74. The maximum Gasteiger partial charge on any atom is 0.251 e. The number of carbonyl (C=O) groups excluding carboxylic acids is 1. The normalized spacial score (nSPS) is 22.6. The van der Waals surface area contributed by atoms with Gasteiger partial charge in [-0.25, -0.2) is 8.42 Å². The lowest BCUT2D eigenvalue weighted by atomic mass is 10.1. The smallest absolute Gasteiger partial charge is 0.251 e. The number of carbonyl (C=O) groups is 1. The molecule has 1 aliphatic rings. The third-order valence-electron chi connectivity index (χ3n) is 3.62. The largest absolute Gasteiger partial charge is 0.355 e. The van der Waals surface area contributed by atoms with Crippen molar-refractivity contribution in [2.75, 3.05) is 20.1 Å². The van der Waals surface area contributed by atoms with Crippen molar-refractivity contribution in [3.63, 3.8) is 0 Å². The monoisotopic (exact) mass is 333 g/mol. The number of amides is 1. The SMILES string of the molecule is CNC(=O)c1ccc(S(=O)(=O)N2CC(C)C(N)C2)cc1.Cl. The van der Waals surface area contributed by atoms with Crippen LogP contribution in [0.1, 0.15) is 17.3 Å². The molecule has 118 valence electrons. The molecule has 1 amide bonds. The molecule has 1 aromatic carbocycles. The van der Waals surface area contributed by atoms with E-state index < -0.39 is 10.0 Å². The second-order valence-electron chi connectivity index (χ2n) is 5.07. The first-order valence-corrected chi connectivity index (χ1v) is 7.88. The summed E-state index contributed by atoms with van der Waals surface area (Å²) < 4.78 is 26.3. The van der Waals surface area contributed by atoms with Gasteiger partial charge in [-0.2, -0.15) is 4.31 Å². The van der Waals surface area contributed by atoms with Gasteiger partial charge in [0.2, 0.25) is 10.0 Å². The number of nitrogens with two attached hydrogens (primary N) is 1. The van der Waals surface area contributed by atoms with E-state index in [-0.39, 0.29) is 35.2 Å². The number of hydrogen-bond acceptors (Lipinski definition) is 4. The van der Waals surface area contributed by atoms with E-state index in [1.165, 1.54) is 35.6 Å². The van der Waals surface area contributed by atoms with E-state index in [1.54, 1.807) is 0 Å². The third-order valence-corrected chi connectivity index (χ3v) is 5.46. The lowest BCUT2D eigenvalue weighted by molar-refractivity contribution is 0.0963. The van der Waals surface area contributed by atoms with E-state index in [0.717, 1.165) is 0 Å². The molecule has 6 nitrogen and oxygen atoms in total. The quantitative estimate of drug-likeness (QED) is 0.839. The molecule has 0 saturated carbocycles. The van der Waals surface area contributed by atoms with Crippen LogP contribution < -0.4 is 11.1 Å². The number of halogens is 1. The number of nitrogens with zero attached hydrogens (tertiary/aromatic N) is 1. The number of hydrogen-bond donors (Lipinski definition) is 2. The molecule has 8 heteroatoms. The summed E-state index contributed by atoms with van der Waals surface area (Å²) in [5, 5.41) is 2.49. The number of nitrogens with one attached hydrogen (secondary N) is 1. The average Bonchev–Trinajstić information content (AvgIpc) is 2.78. The van der Waals surface area contributed by atoms with Gasteiger partial charge < -0.3 is 11.1 Å². The minimum Gasteiger partial charge on any atom is -0.355 e. The summed E-state index contributed by atoms with van der Waals surface area (Å²) in [5.41, 5.74) is 6.29. The molecule has 0 spiro atoms. The highest BCUT2D eigenvalue weighted by atomic mass is 35.5. The van der Waals surface area contributed by atoms with Crippen molar-refractivity contribution in [1.82, 2.24) is 9.62 Å². The third kappa shape index (κ3) is 3.55. The fourth-order valence-corrected chi connectivity index (χ4v) is 3.79. The summed E-state index contributed by atoms with van der Waals surface area (Å²) in [5.74, 6) is -0.0966. The first-order valence-electron chi connectivity index (χ1n) is 6.44. The highest BCUT2D eigenvalue weighted by Gasteiger charge is 2.35. The van der Waals surface area contributed by atoms with Crippen LogP contribution in [0.2, 0.25) is 0 Å². The summed E-state index contributed by atoms with van der Waals surface area (Å²) >= 11 is 0. The fraction of sp³-hybridized carbons (Fsp3) is 0.462. The van der Waals surface area contributed by atoms with Crippen molar-refractivity contribution in [2.24, 2.45) is 11.7 Å². The van der Waals surface area contributed by atoms with Gasteiger partial charge in [-0.05, 0) is 30.2 Å². The Balaban J connectivity index is 0.00000220. The Labute approximate surface area is 131 Å². The van der Waals surface area contributed by atoms with Gasteiger partial charge in [-0.15, -0.1) is 12.4 Å². The molecule has 1 fully saturated rings. The molecule has 1 aliphatic heterocycles. The van der Waals surface area contributed by atoms with E-state index in [4.69, 9.17) is 5.73 Å². The van der Waals surface area contributed by atoms with Crippen LogP contribution in [0.3, 0.4) is 0 Å². The molecule has 0 aliphatic carbocycles. The minimum absolute atomic E-state index is 0. The highest BCUT2D eigenvalue weighted by Crippen LogP contribution is 2.23. The lowest BCUT2D eigenvalue weighted by Crippen LogP contribution is -2.32. The first-order chi connectivity index (χ1) is 9.36. The molecule has 0 radical (unpaired) electrons. The summed E-state index contributed by atoms with van der Waals surface area (Å²) in [4.78, 5) is 11.6. The van der Waals surface area contributed by atoms with Crippen LogP contribution in [0.15, 0.2) is 29.2 Å². The van der Waals surface area contributed by atoms with Gasteiger partial charge in [0, 0.05) is 31.7 Å². The zero-order valence-corrected chi connectivity index (χ0v) is 13.6. The van der Waals surface area contributed by atoms with Gasteiger partial charge in [0.05, 0.1) is 4.90 Å². The molecule has 1 heterocycles. The zero-order chi connectivity index (χ0) is 14.9. The van der Waals surface area contributed by atoms with Gasteiger partial charge in [0.25, 0.3) is 5.91 Å². The van der Waals surface area contributed by atoms with Crippen LogP contribution in [0.4, 0.5) is 0 Å². The molecule has 2 unspecified atom stereocenters. The molecule has 3 N–H and O–H groups in total. The van der Waals surface area contributed by atoms with Crippen LogP contribution >= 0.6 is 12.4 Å². The number of rotatable bonds is 3. The Kier molecular flexibility index (Phi) is 5.75. The molecular formula is C13H20ClN3O3S. The van der Waals surface area contributed by atoms with Gasteiger partial charge >= 0.3 is 0 Å². The maximum atomic E-state index is 12.4. The van der Waals surface area contributed by atoms with E-state index in [9.17, 15) is 13.2 Å². The van der Waals surface area contributed by atoms with Crippen molar-refractivity contribution >= 4 is 28.3 Å². The first kappa shape index (κ1) is 17.9. The average molecular weight is 334 g/mol. The van der Waals surface area contributed by atoms with E-state index in [1.807, 2.05) is 6.92 Å². The molecule has 2 rings (SSSR count). The predicted octanol–water partition coefficient (Wildman–Crippen LogP) is 0.436. The fourth-order valence-electron chi connectivity index (χ4n) is 2.21. The Morgan fingerprint density at radius 1 is 1.29 bits per heavy atom. The topological polar surface area (TPSA) is 92.5 Å². The Bertz CT molecular complexity index is 594. The number of sulfonamides is 1. The van der Waals surface area contributed by atoms with Crippen molar-refractivity contribution in [2.45, 2.75) is 17.9 Å². The van der Waals surface area contributed by atoms with E-state index >= 15 is 0 Å². The Morgan fingerprint density at radius 3 is 2.29 bits per heavy atom. The van der Waals surface area contributed by atoms with Gasteiger partial charge in [0.15, 0.2) is 0 Å². The molecule has 1 aromatic rings. The zero-order valence-electron chi connectivity index (χ0n) is 11.9. The molecule has 0 bridgehead atoms. The van der Waals surface area contributed by atoms with Crippen molar-refractivity contribution in [1.29, 1.82) is 0 Å². The van der Waals surface area contributed by atoms with Crippen molar-refractivity contribution < 1.29 is 13.2 Å². The number of benzene rings is 1. The summed E-state index contributed by atoms with van der Waals surface area (Å²) in [6.07, 6.45) is 0. The molecule has 21 heavy (non-hydrogen) atoms. The summed E-state index contributed by atoms with van der Waals surface area (Å²) in [6.45, 7) is 2.70. The van der Waals surface area contributed by atoms with Crippen LogP contribution in [0.5, 0.6) is 0 Å². The van der Waals surface area contributed by atoms with Gasteiger partial charge in [0.1, 0.15) is 0 Å². The molecular weight excluding hydrogens is 314 g/mol. The Morgan fingerprint density at radius 2 is 1.86 bits per heavy atom. The van der Waals surface area contributed by atoms with E-state index in [0.29, 0.717) is 18.7 Å². The van der Waals surface area contributed by atoms with Crippen LogP contribution in [-0.4, -0.2) is 44.8 Å². The van der Waals surface area contributed by atoms with Crippen LogP contribution in [0, 0.1) is 5.92 Å². The Hall–Kier alpha value is -1.15. The summed E-state index contributed by atoms with van der Waals surface area (Å²) in [7, 11) is -2.00. The van der Waals surface area contributed by atoms with Crippen LogP contribution in [0.25, 0.3) is 0 Å².